The largest absolute Gasteiger partial charge is 0.280 e. The molecule has 0 spiro atoms. The summed E-state index contributed by atoms with van der Waals surface area (Å²) in [5.41, 5.74) is 2.38. The van der Waals surface area contributed by atoms with Gasteiger partial charge in [-0.25, -0.2) is 8.42 Å². The van der Waals surface area contributed by atoms with Gasteiger partial charge >= 0.3 is 0 Å². The SMILES string of the molecule is Cc1ccc(S(=O)(=O)Nc2ccc(-c3nn4cnnc4s3)cc2)cc1. The first-order chi connectivity index (χ1) is 12.0. The number of aryl methyl sites for hydroxylation is 1. The summed E-state index contributed by atoms with van der Waals surface area (Å²) in [5.74, 6) is 0. The number of aromatic nitrogens is 4. The molecule has 126 valence electrons. The van der Waals surface area contributed by atoms with Crippen molar-refractivity contribution in [3.63, 3.8) is 0 Å². The van der Waals surface area contributed by atoms with Crippen LogP contribution in [0.5, 0.6) is 0 Å². The van der Waals surface area contributed by atoms with E-state index in [-0.39, 0.29) is 4.90 Å². The Bertz CT molecular complexity index is 1100. The minimum Gasteiger partial charge on any atom is -0.280 e. The Labute approximate surface area is 148 Å². The first-order valence-corrected chi connectivity index (χ1v) is 9.68. The number of nitrogens with zero attached hydrogens (tertiary/aromatic N) is 4. The lowest BCUT2D eigenvalue weighted by atomic mass is 10.2. The van der Waals surface area contributed by atoms with Crippen LogP contribution >= 0.6 is 11.3 Å². The second-order valence-corrected chi connectivity index (χ2v) is 8.10. The maximum atomic E-state index is 12.4. The van der Waals surface area contributed by atoms with Gasteiger partial charge in [0.2, 0.25) is 4.96 Å². The van der Waals surface area contributed by atoms with E-state index in [4.69, 9.17) is 0 Å². The minimum atomic E-state index is -3.60. The minimum absolute atomic E-state index is 0.232. The van der Waals surface area contributed by atoms with Crippen LogP contribution in [0, 0.1) is 6.92 Å². The van der Waals surface area contributed by atoms with Crippen LogP contribution in [0.1, 0.15) is 5.56 Å². The number of benzene rings is 2. The van der Waals surface area contributed by atoms with E-state index in [9.17, 15) is 8.42 Å². The zero-order chi connectivity index (χ0) is 17.4. The number of anilines is 1. The number of rotatable bonds is 4. The molecule has 7 nitrogen and oxygen atoms in total. The average molecular weight is 371 g/mol. The van der Waals surface area contributed by atoms with Crippen molar-refractivity contribution in [3.8, 4) is 10.6 Å². The van der Waals surface area contributed by atoms with Crippen LogP contribution in [0.15, 0.2) is 59.8 Å². The Morgan fingerprint density at radius 1 is 1.04 bits per heavy atom. The van der Waals surface area contributed by atoms with Crippen LogP contribution < -0.4 is 4.72 Å². The molecule has 0 amide bonds. The molecular weight excluding hydrogens is 358 g/mol. The van der Waals surface area contributed by atoms with E-state index in [1.54, 1.807) is 47.2 Å². The van der Waals surface area contributed by atoms with Gasteiger partial charge in [0.1, 0.15) is 11.3 Å². The molecule has 0 aliphatic rings. The Morgan fingerprint density at radius 2 is 1.76 bits per heavy atom. The van der Waals surface area contributed by atoms with E-state index in [1.165, 1.54) is 11.3 Å². The van der Waals surface area contributed by atoms with Gasteiger partial charge in [-0.2, -0.15) is 9.61 Å². The predicted octanol–water partition coefficient (Wildman–Crippen LogP) is 2.96. The molecule has 2 aromatic heterocycles. The Kier molecular flexibility index (Phi) is 3.74. The Morgan fingerprint density at radius 3 is 2.44 bits per heavy atom. The average Bonchev–Trinajstić information content (AvgIpc) is 3.17. The van der Waals surface area contributed by atoms with Crippen molar-refractivity contribution in [1.29, 1.82) is 0 Å². The summed E-state index contributed by atoms with van der Waals surface area (Å²) in [6.07, 6.45) is 1.54. The topological polar surface area (TPSA) is 89.2 Å². The zero-order valence-electron chi connectivity index (χ0n) is 13.1. The number of sulfonamides is 1. The first kappa shape index (κ1) is 15.7. The van der Waals surface area contributed by atoms with Gasteiger partial charge < -0.3 is 0 Å². The lowest BCUT2D eigenvalue weighted by Crippen LogP contribution is -2.12. The van der Waals surface area contributed by atoms with E-state index >= 15 is 0 Å². The third-order valence-electron chi connectivity index (χ3n) is 3.60. The third-order valence-corrected chi connectivity index (χ3v) is 5.96. The van der Waals surface area contributed by atoms with Crippen LogP contribution in [0.4, 0.5) is 5.69 Å². The molecule has 0 unspecified atom stereocenters. The van der Waals surface area contributed by atoms with Gasteiger partial charge in [-0.1, -0.05) is 29.0 Å². The summed E-state index contributed by atoms with van der Waals surface area (Å²) >= 11 is 1.41. The number of fused-ring (bicyclic) bond motifs is 1. The quantitative estimate of drug-likeness (QED) is 0.596. The second-order valence-electron chi connectivity index (χ2n) is 5.46. The highest BCUT2D eigenvalue weighted by atomic mass is 32.2. The molecule has 9 heteroatoms. The number of nitrogens with one attached hydrogen (secondary N) is 1. The molecule has 1 N–H and O–H groups in total. The predicted molar refractivity (Wildman–Crippen MR) is 96.1 cm³/mol. The standard InChI is InChI=1S/C16H13N5O2S2/c1-11-2-8-14(9-3-11)25(22,23)20-13-6-4-12(5-7-13)15-19-21-10-17-18-16(21)24-15/h2-10,20H,1H3. The smallest absolute Gasteiger partial charge is 0.261 e. The highest BCUT2D eigenvalue weighted by Gasteiger charge is 2.14. The Hall–Kier alpha value is -2.78. The summed E-state index contributed by atoms with van der Waals surface area (Å²) in [7, 11) is -3.60. The molecular formula is C16H13N5O2S2. The van der Waals surface area contributed by atoms with Crippen LogP contribution in [-0.2, 0) is 10.0 Å². The molecule has 0 fully saturated rings. The van der Waals surface area contributed by atoms with E-state index in [2.05, 4.69) is 20.0 Å². The van der Waals surface area contributed by atoms with Gasteiger partial charge in [-0.05, 0) is 43.3 Å². The fraction of sp³-hybridized carbons (Fsp3) is 0.0625. The molecule has 0 saturated heterocycles. The van der Waals surface area contributed by atoms with Gasteiger partial charge in [0.05, 0.1) is 4.90 Å². The van der Waals surface area contributed by atoms with Gasteiger partial charge in [-0.3, -0.25) is 4.72 Å². The number of hydrogen-bond donors (Lipinski definition) is 1. The molecule has 4 aromatic rings. The van der Waals surface area contributed by atoms with Crippen LogP contribution in [-0.4, -0.2) is 28.2 Å². The molecule has 0 aliphatic carbocycles. The van der Waals surface area contributed by atoms with Crippen molar-refractivity contribution >= 4 is 32.0 Å². The van der Waals surface area contributed by atoms with Gasteiger partial charge in [-0.15, -0.1) is 10.2 Å². The summed E-state index contributed by atoms with van der Waals surface area (Å²) in [5, 5.41) is 12.9. The lowest BCUT2D eigenvalue weighted by molar-refractivity contribution is 0.601. The molecule has 0 bridgehead atoms. The molecule has 0 radical (unpaired) electrons. The van der Waals surface area contributed by atoms with E-state index < -0.39 is 10.0 Å². The zero-order valence-corrected chi connectivity index (χ0v) is 14.8. The molecule has 4 rings (SSSR count). The molecule has 2 aromatic carbocycles. The summed E-state index contributed by atoms with van der Waals surface area (Å²) in [6, 6.07) is 13.8. The van der Waals surface area contributed by atoms with E-state index in [0.717, 1.165) is 16.1 Å². The van der Waals surface area contributed by atoms with Gasteiger partial charge in [0.15, 0.2) is 0 Å². The summed E-state index contributed by atoms with van der Waals surface area (Å²) in [4.78, 5) is 0.940. The van der Waals surface area contributed by atoms with Crippen molar-refractivity contribution in [2.45, 2.75) is 11.8 Å². The van der Waals surface area contributed by atoms with Crippen molar-refractivity contribution in [1.82, 2.24) is 19.8 Å². The Balaban J connectivity index is 1.57. The summed E-state index contributed by atoms with van der Waals surface area (Å²) in [6.45, 7) is 1.91. The molecule has 0 aliphatic heterocycles. The maximum Gasteiger partial charge on any atom is 0.261 e. The molecule has 2 heterocycles. The summed E-state index contributed by atoms with van der Waals surface area (Å²) < 4.78 is 29.0. The third kappa shape index (κ3) is 3.11. The van der Waals surface area contributed by atoms with E-state index in [1.807, 2.05) is 19.1 Å². The first-order valence-electron chi connectivity index (χ1n) is 7.38. The molecule has 0 saturated carbocycles. The second kappa shape index (κ2) is 5.94. The van der Waals surface area contributed by atoms with Gasteiger partial charge in [0.25, 0.3) is 10.0 Å². The van der Waals surface area contributed by atoms with E-state index in [0.29, 0.717) is 10.6 Å². The van der Waals surface area contributed by atoms with Gasteiger partial charge in [0, 0.05) is 11.3 Å². The fourth-order valence-electron chi connectivity index (χ4n) is 2.29. The highest BCUT2D eigenvalue weighted by Crippen LogP contribution is 2.26. The maximum absolute atomic E-state index is 12.4. The molecule has 0 atom stereocenters. The van der Waals surface area contributed by atoms with Crippen LogP contribution in [0.2, 0.25) is 0 Å². The lowest BCUT2D eigenvalue weighted by Gasteiger charge is -2.08. The fourth-order valence-corrected chi connectivity index (χ4v) is 4.17. The van der Waals surface area contributed by atoms with Crippen LogP contribution in [0.25, 0.3) is 15.5 Å². The van der Waals surface area contributed by atoms with Crippen molar-refractivity contribution < 1.29 is 8.42 Å². The van der Waals surface area contributed by atoms with Crippen LogP contribution in [0.3, 0.4) is 0 Å². The number of hydrogen-bond acceptors (Lipinski definition) is 6. The van der Waals surface area contributed by atoms with Crippen molar-refractivity contribution in [2.75, 3.05) is 4.72 Å². The highest BCUT2D eigenvalue weighted by molar-refractivity contribution is 7.92. The molecule has 25 heavy (non-hydrogen) atoms. The van der Waals surface area contributed by atoms with Crippen molar-refractivity contribution in [2.24, 2.45) is 0 Å². The monoisotopic (exact) mass is 371 g/mol. The normalized spacial score (nSPS) is 11.7. The van der Waals surface area contributed by atoms with Crippen molar-refractivity contribution in [3.05, 3.63) is 60.4 Å².